The molecule has 8 nitrogen and oxygen atoms in total. The number of thioether (sulfide) groups is 1. The van der Waals surface area contributed by atoms with Crippen LogP contribution in [0.1, 0.15) is 12.5 Å². The van der Waals surface area contributed by atoms with Gasteiger partial charge in [0.25, 0.3) is 0 Å². The molecule has 172 valence electrons. The zero-order valence-electron chi connectivity index (χ0n) is 18.4. The smallest absolute Gasteiger partial charge is 0.316 e. The predicted molar refractivity (Wildman–Crippen MR) is 130 cm³/mol. The van der Waals surface area contributed by atoms with Gasteiger partial charge in [-0.15, -0.1) is 18.2 Å². The maximum Gasteiger partial charge on any atom is 0.316 e. The highest BCUT2D eigenvalue weighted by Crippen LogP contribution is 2.35. The number of carboxylic acids is 1. The third-order valence-corrected chi connectivity index (χ3v) is 5.70. The number of hydrogen-bond donors (Lipinski definition) is 2. The molecule has 9 heteroatoms. The van der Waals surface area contributed by atoms with E-state index in [2.05, 4.69) is 21.2 Å². The molecule has 1 atom stereocenters. The molecule has 1 unspecified atom stereocenters. The van der Waals surface area contributed by atoms with Crippen LogP contribution in [0, 0.1) is 12.3 Å². The van der Waals surface area contributed by atoms with E-state index < -0.39 is 11.2 Å². The van der Waals surface area contributed by atoms with Gasteiger partial charge in [0.1, 0.15) is 18.8 Å². The van der Waals surface area contributed by atoms with Crippen LogP contribution in [0.2, 0.25) is 0 Å². The summed E-state index contributed by atoms with van der Waals surface area (Å²) in [4.78, 5) is 19.7. The van der Waals surface area contributed by atoms with Crippen molar-refractivity contribution in [3.63, 3.8) is 0 Å². The topological polar surface area (TPSA) is 103 Å². The Bertz CT molecular complexity index is 1150. The van der Waals surface area contributed by atoms with Crippen molar-refractivity contribution in [1.82, 2.24) is 9.97 Å². The second kappa shape index (κ2) is 11.9. The van der Waals surface area contributed by atoms with Crippen LogP contribution in [0.25, 0.3) is 10.9 Å². The fourth-order valence-corrected chi connectivity index (χ4v) is 3.57. The second-order valence-electron chi connectivity index (χ2n) is 6.93. The summed E-state index contributed by atoms with van der Waals surface area (Å²) in [5.74, 6) is 3.92. The third kappa shape index (κ3) is 6.75. The molecule has 0 fully saturated rings. The Morgan fingerprint density at radius 2 is 1.97 bits per heavy atom. The highest BCUT2D eigenvalue weighted by molar-refractivity contribution is 8.00. The monoisotopic (exact) mass is 467 g/mol. The van der Waals surface area contributed by atoms with Crippen LogP contribution in [0.3, 0.4) is 0 Å². The van der Waals surface area contributed by atoms with Gasteiger partial charge in [-0.3, -0.25) is 4.79 Å². The summed E-state index contributed by atoms with van der Waals surface area (Å²) in [5, 5.41) is 12.5. The third-order valence-electron chi connectivity index (χ3n) is 4.59. The molecule has 0 bridgehead atoms. The number of terminal acetylenes is 1. The molecule has 3 aromatic rings. The lowest BCUT2D eigenvalue weighted by Gasteiger charge is -2.15. The highest BCUT2D eigenvalue weighted by Gasteiger charge is 2.14. The number of aromatic nitrogens is 2. The summed E-state index contributed by atoms with van der Waals surface area (Å²) in [5.41, 5.74) is 2.23. The average Bonchev–Trinajstić information content (AvgIpc) is 2.82. The van der Waals surface area contributed by atoms with Crippen molar-refractivity contribution in [3.8, 4) is 23.8 Å². The molecular weight excluding hydrogens is 442 g/mol. The number of methoxy groups -OCH3 is 1. The van der Waals surface area contributed by atoms with E-state index in [1.807, 2.05) is 30.3 Å². The summed E-state index contributed by atoms with van der Waals surface area (Å²) in [6.45, 7) is 2.72. The second-order valence-corrected chi connectivity index (χ2v) is 8.38. The molecule has 0 aliphatic rings. The van der Waals surface area contributed by atoms with Gasteiger partial charge >= 0.3 is 5.97 Å². The first-order valence-corrected chi connectivity index (χ1v) is 11.3. The lowest BCUT2D eigenvalue weighted by molar-refractivity contribution is -0.136. The van der Waals surface area contributed by atoms with Gasteiger partial charge < -0.3 is 24.6 Å². The number of benzene rings is 2. The van der Waals surface area contributed by atoms with Crippen LogP contribution in [0.5, 0.6) is 11.5 Å². The van der Waals surface area contributed by atoms with Gasteiger partial charge in [-0.25, -0.2) is 9.97 Å². The van der Waals surface area contributed by atoms with E-state index in [-0.39, 0.29) is 0 Å². The Labute approximate surface area is 196 Å². The predicted octanol–water partition coefficient (Wildman–Crippen LogP) is 3.97. The average molecular weight is 468 g/mol. The Morgan fingerprint density at radius 3 is 2.73 bits per heavy atom. The molecule has 33 heavy (non-hydrogen) atoms. The molecule has 1 heterocycles. The van der Waals surface area contributed by atoms with Gasteiger partial charge in [0.2, 0.25) is 0 Å². The van der Waals surface area contributed by atoms with Crippen molar-refractivity contribution in [1.29, 1.82) is 0 Å². The maximum atomic E-state index is 11.0. The molecule has 0 aliphatic heterocycles. The SMILES string of the molecule is C#Cc1cccc(Nc2ncnc3cc(OCCSC(C)C(=O)O)c(OCCOC)cc23)c1. The first-order chi connectivity index (χ1) is 16.0. The summed E-state index contributed by atoms with van der Waals surface area (Å²) >= 11 is 1.31. The van der Waals surface area contributed by atoms with Gasteiger partial charge in [0.15, 0.2) is 11.5 Å². The van der Waals surface area contributed by atoms with Crippen LogP contribution in [-0.2, 0) is 9.53 Å². The van der Waals surface area contributed by atoms with E-state index in [1.165, 1.54) is 18.1 Å². The van der Waals surface area contributed by atoms with Crippen LogP contribution in [0.15, 0.2) is 42.7 Å². The first-order valence-electron chi connectivity index (χ1n) is 10.2. The lowest BCUT2D eigenvalue weighted by atomic mass is 10.2. The number of aliphatic carboxylic acids is 1. The normalized spacial score (nSPS) is 11.5. The van der Waals surface area contributed by atoms with E-state index in [4.69, 9.17) is 25.7 Å². The van der Waals surface area contributed by atoms with Gasteiger partial charge in [-0.1, -0.05) is 12.0 Å². The standard InChI is InChI=1S/C24H25N3O5S/c1-4-17-6-5-7-18(12-17)27-23-19-13-21(31-9-8-30-3)22(14-20(19)25-15-26-23)32-10-11-33-16(2)24(28)29/h1,5-7,12-16H,8-11H2,2-3H3,(H,28,29)(H,25,26,27). The molecule has 0 radical (unpaired) electrons. The number of carbonyl (C=O) groups is 1. The van der Waals surface area contributed by atoms with Crippen LogP contribution < -0.4 is 14.8 Å². The van der Waals surface area contributed by atoms with Gasteiger partial charge in [-0.05, 0) is 31.2 Å². The molecule has 0 spiro atoms. The number of fused-ring (bicyclic) bond motifs is 1. The molecule has 0 saturated carbocycles. The molecule has 0 amide bonds. The van der Waals surface area contributed by atoms with E-state index >= 15 is 0 Å². The van der Waals surface area contributed by atoms with Crippen molar-refractivity contribution in [3.05, 3.63) is 48.3 Å². The molecule has 2 N–H and O–H groups in total. The van der Waals surface area contributed by atoms with E-state index in [0.29, 0.717) is 48.4 Å². The van der Waals surface area contributed by atoms with Crippen molar-refractivity contribution < 1.29 is 24.1 Å². The van der Waals surface area contributed by atoms with Crippen LogP contribution in [0.4, 0.5) is 11.5 Å². The molecule has 0 aliphatic carbocycles. The van der Waals surface area contributed by atoms with E-state index in [9.17, 15) is 4.79 Å². The minimum absolute atomic E-state index is 0.323. The summed E-state index contributed by atoms with van der Waals surface area (Å²) < 4.78 is 16.9. The Hall–Kier alpha value is -3.48. The Balaban J connectivity index is 1.85. The number of ether oxygens (including phenoxy) is 3. The summed E-state index contributed by atoms with van der Waals surface area (Å²) in [7, 11) is 1.60. The number of carboxylic acid groups (broad SMARTS) is 1. The van der Waals surface area contributed by atoms with Crippen molar-refractivity contribution in [2.45, 2.75) is 12.2 Å². The number of nitrogens with one attached hydrogen (secondary N) is 1. The largest absolute Gasteiger partial charge is 0.489 e. The van der Waals surface area contributed by atoms with Crippen LogP contribution in [-0.4, -0.2) is 59.0 Å². The molecule has 3 rings (SSSR count). The minimum atomic E-state index is -0.848. The minimum Gasteiger partial charge on any atom is -0.489 e. The number of anilines is 2. The summed E-state index contributed by atoms with van der Waals surface area (Å²) in [6.07, 6.45) is 6.97. The van der Waals surface area contributed by atoms with Gasteiger partial charge in [0.05, 0.1) is 24.0 Å². The fraction of sp³-hybridized carbons (Fsp3) is 0.292. The summed E-state index contributed by atoms with van der Waals surface area (Å²) in [6, 6.07) is 11.1. The van der Waals surface area contributed by atoms with Gasteiger partial charge in [-0.2, -0.15) is 0 Å². The highest BCUT2D eigenvalue weighted by atomic mass is 32.2. The molecular formula is C24H25N3O5S. The first kappa shape index (κ1) is 24.2. The fourth-order valence-electron chi connectivity index (χ4n) is 2.90. The lowest BCUT2D eigenvalue weighted by Crippen LogP contribution is -2.14. The van der Waals surface area contributed by atoms with Crippen molar-refractivity contribution in [2.24, 2.45) is 0 Å². The number of nitrogens with zero attached hydrogens (tertiary/aromatic N) is 2. The van der Waals surface area contributed by atoms with E-state index in [0.717, 1.165) is 16.6 Å². The zero-order valence-corrected chi connectivity index (χ0v) is 19.2. The molecule has 1 aromatic heterocycles. The van der Waals surface area contributed by atoms with Crippen molar-refractivity contribution >= 4 is 40.1 Å². The zero-order chi connectivity index (χ0) is 23.6. The molecule has 0 saturated heterocycles. The maximum absolute atomic E-state index is 11.0. The van der Waals surface area contributed by atoms with Crippen LogP contribution >= 0.6 is 11.8 Å². The molecule has 2 aromatic carbocycles. The van der Waals surface area contributed by atoms with Gasteiger partial charge in [0, 0.05) is 35.6 Å². The van der Waals surface area contributed by atoms with Crippen molar-refractivity contribution in [2.75, 3.05) is 38.0 Å². The Kier molecular flexibility index (Phi) is 8.75. The number of rotatable bonds is 12. The Morgan fingerprint density at radius 1 is 1.18 bits per heavy atom. The van der Waals surface area contributed by atoms with E-state index in [1.54, 1.807) is 20.1 Å². The number of hydrogen-bond acceptors (Lipinski definition) is 8. The quantitative estimate of drug-likeness (QED) is 0.303.